The Hall–Kier alpha value is -3.02. The minimum absolute atomic E-state index is 0.251. The third-order valence-electron chi connectivity index (χ3n) is 6.10. The molecule has 0 N–H and O–H groups in total. The molecule has 4 rings (SSSR count). The van der Waals surface area contributed by atoms with Crippen LogP contribution in [0.5, 0.6) is 0 Å². The van der Waals surface area contributed by atoms with Crippen molar-refractivity contribution in [2.45, 2.75) is 33.6 Å². The SMILES string of the molecule is Cc1ccc(C2=C(N3CCC(C)CC3)C(=O)N(c3cc(F)ccc3F)C2=O)cc1C. The molecule has 2 aliphatic rings. The first kappa shape index (κ1) is 20.3. The Morgan fingerprint density at radius 3 is 2.27 bits per heavy atom. The zero-order valence-corrected chi connectivity index (χ0v) is 17.3. The number of carbonyl (C=O) groups excluding carboxylic acids is 2. The number of hydrogen-bond acceptors (Lipinski definition) is 3. The molecule has 2 aliphatic heterocycles. The first-order valence-corrected chi connectivity index (χ1v) is 10.2. The smallest absolute Gasteiger partial charge is 0.282 e. The summed E-state index contributed by atoms with van der Waals surface area (Å²) < 4.78 is 28.3. The van der Waals surface area contributed by atoms with Gasteiger partial charge < -0.3 is 4.90 Å². The number of likely N-dealkylation sites (tertiary alicyclic amines) is 1. The van der Waals surface area contributed by atoms with Crippen molar-refractivity contribution in [3.05, 3.63) is 70.4 Å². The zero-order valence-electron chi connectivity index (χ0n) is 17.3. The molecule has 0 unspecified atom stereocenters. The lowest BCUT2D eigenvalue weighted by atomic mass is 9.96. The van der Waals surface area contributed by atoms with Crippen molar-refractivity contribution in [1.29, 1.82) is 0 Å². The number of benzene rings is 2. The number of imide groups is 1. The van der Waals surface area contributed by atoms with Crippen molar-refractivity contribution in [3.8, 4) is 0 Å². The summed E-state index contributed by atoms with van der Waals surface area (Å²) in [6.45, 7) is 7.35. The molecule has 156 valence electrons. The molecule has 2 amide bonds. The van der Waals surface area contributed by atoms with E-state index in [2.05, 4.69) is 6.92 Å². The molecule has 0 radical (unpaired) electrons. The quantitative estimate of drug-likeness (QED) is 0.695. The Bertz CT molecular complexity index is 1070. The van der Waals surface area contributed by atoms with Gasteiger partial charge >= 0.3 is 0 Å². The number of rotatable bonds is 3. The second-order valence-corrected chi connectivity index (χ2v) is 8.23. The van der Waals surface area contributed by atoms with E-state index < -0.39 is 23.4 Å². The van der Waals surface area contributed by atoms with Gasteiger partial charge in [-0.15, -0.1) is 0 Å². The van der Waals surface area contributed by atoms with Crippen molar-refractivity contribution < 1.29 is 18.4 Å². The first-order valence-electron chi connectivity index (χ1n) is 10.2. The van der Waals surface area contributed by atoms with E-state index in [1.165, 1.54) is 0 Å². The minimum Gasteiger partial charge on any atom is -0.366 e. The summed E-state index contributed by atoms with van der Waals surface area (Å²) in [6, 6.07) is 8.37. The summed E-state index contributed by atoms with van der Waals surface area (Å²) in [7, 11) is 0. The van der Waals surface area contributed by atoms with Crippen LogP contribution in [0, 0.1) is 31.4 Å². The lowest BCUT2D eigenvalue weighted by molar-refractivity contribution is -0.120. The molecule has 2 aromatic rings. The molecule has 0 spiro atoms. The lowest BCUT2D eigenvalue weighted by Gasteiger charge is -2.32. The van der Waals surface area contributed by atoms with E-state index in [4.69, 9.17) is 0 Å². The maximum atomic E-state index is 14.5. The fourth-order valence-electron chi connectivity index (χ4n) is 4.08. The number of aryl methyl sites for hydroxylation is 2. The summed E-state index contributed by atoms with van der Waals surface area (Å²) in [6.07, 6.45) is 1.80. The Morgan fingerprint density at radius 2 is 1.60 bits per heavy atom. The predicted molar refractivity (Wildman–Crippen MR) is 112 cm³/mol. The lowest BCUT2D eigenvalue weighted by Crippen LogP contribution is -2.38. The van der Waals surface area contributed by atoms with Crippen molar-refractivity contribution in [2.24, 2.45) is 5.92 Å². The summed E-state index contributed by atoms with van der Waals surface area (Å²) in [4.78, 5) is 29.5. The molecule has 0 aromatic heterocycles. The standard InChI is InChI=1S/C24H24F2N2O2/c1-14-8-10-27(11-9-14)22-21(17-5-4-15(2)16(3)12-17)23(29)28(24(22)30)20-13-18(25)6-7-19(20)26/h4-7,12-14H,8-11H2,1-3H3. The molecule has 0 aliphatic carbocycles. The highest BCUT2D eigenvalue weighted by Gasteiger charge is 2.44. The van der Waals surface area contributed by atoms with Gasteiger partial charge in [0.1, 0.15) is 17.3 Å². The largest absolute Gasteiger partial charge is 0.366 e. The van der Waals surface area contributed by atoms with Crippen LogP contribution in [0.1, 0.15) is 36.5 Å². The van der Waals surface area contributed by atoms with Gasteiger partial charge in [-0.05, 0) is 61.4 Å². The molecular weight excluding hydrogens is 386 g/mol. The molecule has 4 nitrogen and oxygen atoms in total. The van der Waals surface area contributed by atoms with Gasteiger partial charge in [0, 0.05) is 19.2 Å². The van der Waals surface area contributed by atoms with Crippen molar-refractivity contribution in [1.82, 2.24) is 4.90 Å². The van der Waals surface area contributed by atoms with Gasteiger partial charge in [0.15, 0.2) is 0 Å². The molecule has 1 fully saturated rings. The van der Waals surface area contributed by atoms with Crippen molar-refractivity contribution in [2.75, 3.05) is 18.0 Å². The summed E-state index contributed by atoms with van der Waals surface area (Å²) in [5.74, 6) is -2.21. The zero-order chi connectivity index (χ0) is 21.6. The molecule has 0 atom stereocenters. The van der Waals surface area contributed by atoms with Gasteiger partial charge in [-0.1, -0.05) is 25.1 Å². The summed E-state index contributed by atoms with van der Waals surface area (Å²) in [5.41, 5.74) is 2.84. The van der Waals surface area contributed by atoms with Crippen LogP contribution >= 0.6 is 0 Å². The number of halogens is 2. The van der Waals surface area contributed by atoms with Crippen molar-refractivity contribution >= 4 is 23.1 Å². The third kappa shape index (κ3) is 3.40. The molecule has 0 bridgehead atoms. The Kier molecular flexibility index (Phi) is 5.18. The van der Waals surface area contributed by atoms with Crippen LogP contribution < -0.4 is 4.90 Å². The Morgan fingerprint density at radius 1 is 0.900 bits per heavy atom. The fraction of sp³-hybridized carbons (Fsp3) is 0.333. The first-order chi connectivity index (χ1) is 14.3. The fourth-order valence-corrected chi connectivity index (χ4v) is 4.08. The van der Waals surface area contributed by atoms with E-state index >= 15 is 0 Å². The molecular formula is C24H24F2N2O2. The normalized spacial score (nSPS) is 18.0. The monoisotopic (exact) mass is 410 g/mol. The maximum absolute atomic E-state index is 14.5. The van der Waals surface area contributed by atoms with E-state index in [0.29, 0.717) is 24.6 Å². The number of hydrogen-bond donors (Lipinski definition) is 0. The average molecular weight is 410 g/mol. The van der Waals surface area contributed by atoms with Crippen LogP contribution in [0.15, 0.2) is 42.1 Å². The second-order valence-electron chi connectivity index (χ2n) is 8.23. The highest BCUT2D eigenvalue weighted by Crippen LogP contribution is 2.37. The molecule has 2 heterocycles. The number of piperidine rings is 1. The highest BCUT2D eigenvalue weighted by atomic mass is 19.1. The van der Waals surface area contributed by atoms with Gasteiger partial charge in [0.25, 0.3) is 11.8 Å². The van der Waals surface area contributed by atoms with Crippen LogP contribution in [0.3, 0.4) is 0 Å². The van der Waals surface area contributed by atoms with Crippen molar-refractivity contribution in [3.63, 3.8) is 0 Å². The van der Waals surface area contributed by atoms with Crippen LogP contribution in [0.4, 0.5) is 14.5 Å². The summed E-state index contributed by atoms with van der Waals surface area (Å²) >= 11 is 0. The maximum Gasteiger partial charge on any atom is 0.282 e. The molecule has 0 saturated carbocycles. The average Bonchev–Trinajstić information content (AvgIpc) is 2.97. The van der Waals surface area contributed by atoms with Crippen LogP contribution in [-0.2, 0) is 9.59 Å². The van der Waals surface area contributed by atoms with Gasteiger partial charge in [-0.2, -0.15) is 0 Å². The van der Waals surface area contributed by atoms with Crippen LogP contribution in [0.25, 0.3) is 5.57 Å². The topological polar surface area (TPSA) is 40.6 Å². The minimum atomic E-state index is -0.814. The molecule has 1 saturated heterocycles. The third-order valence-corrected chi connectivity index (χ3v) is 6.10. The Balaban J connectivity index is 1.86. The number of nitrogens with zero attached hydrogens (tertiary/aromatic N) is 2. The molecule has 2 aromatic carbocycles. The van der Waals surface area contributed by atoms with E-state index in [-0.39, 0.29) is 17.0 Å². The van der Waals surface area contributed by atoms with Gasteiger partial charge in [-0.3, -0.25) is 9.59 Å². The van der Waals surface area contributed by atoms with Gasteiger partial charge in [0.05, 0.1) is 11.3 Å². The number of anilines is 1. The second kappa shape index (κ2) is 7.67. The van der Waals surface area contributed by atoms with Gasteiger partial charge in [-0.25, -0.2) is 13.7 Å². The van der Waals surface area contributed by atoms with Crippen LogP contribution in [0.2, 0.25) is 0 Å². The van der Waals surface area contributed by atoms with E-state index in [1.807, 2.05) is 30.9 Å². The van der Waals surface area contributed by atoms with E-state index in [1.54, 1.807) is 6.07 Å². The molecule has 6 heteroatoms. The number of carbonyl (C=O) groups is 2. The predicted octanol–water partition coefficient (Wildman–Crippen LogP) is 4.60. The number of amides is 2. The molecule has 30 heavy (non-hydrogen) atoms. The Labute approximate surface area is 174 Å². The van der Waals surface area contributed by atoms with E-state index in [9.17, 15) is 18.4 Å². The van der Waals surface area contributed by atoms with Gasteiger partial charge in [0.2, 0.25) is 0 Å². The highest BCUT2D eigenvalue weighted by molar-refractivity contribution is 6.45. The van der Waals surface area contributed by atoms with Crippen LogP contribution in [-0.4, -0.2) is 29.8 Å². The summed E-state index contributed by atoms with van der Waals surface area (Å²) in [5, 5.41) is 0. The van der Waals surface area contributed by atoms with E-state index in [0.717, 1.165) is 47.1 Å².